The van der Waals surface area contributed by atoms with Crippen molar-refractivity contribution in [1.29, 1.82) is 0 Å². The highest BCUT2D eigenvalue weighted by molar-refractivity contribution is 5.94. The third-order valence-corrected chi connectivity index (χ3v) is 5.37. The lowest BCUT2D eigenvalue weighted by atomic mass is 9.97. The van der Waals surface area contributed by atoms with Crippen LogP contribution in [0.5, 0.6) is 5.75 Å². The number of piperidine rings is 1. The molecule has 6 heteroatoms. The van der Waals surface area contributed by atoms with E-state index in [2.05, 4.69) is 10.2 Å². The summed E-state index contributed by atoms with van der Waals surface area (Å²) in [6, 6.07) is 17.0. The van der Waals surface area contributed by atoms with Crippen molar-refractivity contribution in [1.82, 2.24) is 4.90 Å². The molecule has 3 rings (SSSR count). The van der Waals surface area contributed by atoms with E-state index in [9.17, 15) is 9.59 Å². The van der Waals surface area contributed by atoms with E-state index in [4.69, 9.17) is 9.47 Å². The van der Waals surface area contributed by atoms with Crippen LogP contribution in [0.4, 0.5) is 5.69 Å². The summed E-state index contributed by atoms with van der Waals surface area (Å²) in [4.78, 5) is 26.8. The average molecular weight is 411 g/mol. The molecule has 1 aliphatic rings. The van der Waals surface area contributed by atoms with Gasteiger partial charge in [-0.2, -0.15) is 0 Å². The average Bonchev–Trinajstić information content (AvgIpc) is 2.79. The highest BCUT2D eigenvalue weighted by atomic mass is 16.5. The highest BCUT2D eigenvalue weighted by Gasteiger charge is 2.31. The van der Waals surface area contributed by atoms with E-state index in [0.717, 1.165) is 36.4 Å². The van der Waals surface area contributed by atoms with Crippen LogP contribution in [-0.2, 0) is 20.9 Å². The van der Waals surface area contributed by atoms with Crippen molar-refractivity contribution in [3.63, 3.8) is 0 Å². The van der Waals surface area contributed by atoms with Gasteiger partial charge in [-0.3, -0.25) is 14.5 Å². The van der Waals surface area contributed by atoms with Crippen LogP contribution >= 0.6 is 0 Å². The van der Waals surface area contributed by atoms with Crippen molar-refractivity contribution < 1.29 is 19.1 Å². The lowest BCUT2D eigenvalue weighted by Gasteiger charge is -2.35. The number of amides is 1. The zero-order chi connectivity index (χ0) is 21.3. The minimum absolute atomic E-state index is 0.0857. The standard InChI is InChI=1S/C24H30N2O4/c1-3-29-24(28)20-10-7-15-26(16-20)18(2)23(27)25-21-11-13-22(14-12-21)30-17-19-8-5-4-6-9-19/h4-6,8-9,11-14,18,20H,3,7,10,15-17H2,1-2H3,(H,25,27)/t18-,20+/m0/s1. The van der Waals surface area contributed by atoms with Gasteiger partial charge in [-0.05, 0) is 63.1 Å². The molecule has 1 aliphatic heterocycles. The second-order valence-electron chi connectivity index (χ2n) is 7.55. The van der Waals surface area contributed by atoms with E-state index in [0.29, 0.717) is 19.8 Å². The zero-order valence-electron chi connectivity index (χ0n) is 17.7. The molecule has 0 bridgehead atoms. The van der Waals surface area contributed by atoms with Gasteiger partial charge in [0.2, 0.25) is 5.91 Å². The second kappa shape index (κ2) is 10.8. The molecule has 160 valence electrons. The van der Waals surface area contributed by atoms with Crippen LogP contribution in [0.3, 0.4) is 0 Å². The van der Waals surface area contributed by atoms with Crippen LogP contribution in [0, 0.1) is 5.92 Å². The van der Waals surface area contributed by atoms with Gasteiger partial charge < -0.3 is 14.8 Å². The smallest absolute Gasteiger partial charge is 0.310 e. The van der Waals surface area contributed by atoms with Crippen LogP contribution in [0.2, 0.25) is 0 Å². The molecular formula is C24H30N2O4. The Labute approximate surface area is 178 Å². The van der Waals surface area contributed by atoms with Gasteiger partial charge in [-0.1, -0.05) is 30.3 Å². The predicted octanol–water partition coefficient (Wildman–Crippen LogP) is 3.87. The third-order valence-electron chi connectivity index (χ3n) is 5.37. The molecule has 1 heterocycles. The van der Waals surface area contributed by atoms with E-state index in [-0.39, 0.29) is 23.8 Å². The van der Waals surface area contributed by atoms with E-state index in [1.54, 1.807) is 0 Å². The number of nitrogens with one attached hydrogen (secondary N) is 1. The van der Waals surface area contributed by atoms with Crippen LogP contribution in [-0.4, -0.2) is 42.5 Å². The molecule has 0 saturated carbocycles. The molecule has 1 saturated heterocycles. The van der Waals surface area contributed by atoms with Crippen molar-refractivity contribution in [2.45, 2.75) is 39.3 Å². The molecule has 2 aromatic carbocycles. The Balaban J connectivity index is 1.50. The Morgan fingerprint density at radius 1 is 1.13 bits per heavy atom. The topological polar surface area (TPSA) is 67.9 Å². The number of anilines is 1. The first-order chi connectivity index (χ1) is 14.6. The Morgan fingerprint density at radius 3 is 2.57 bits per heavy atom. The van der Waals surface area contributed by atoms with Crippen molar-refractivity contribution in [3.05, 3.63) is 60.2 Å². The summed E-state index contributed by atoms with van der Waals surface area (Å²) in [5, 5.41) is 2.96. The summed E-state index contributed by atoms with van der Waals surface area (Å²) in [7, 11) is 0. The van der Waals surface area contributed by atoms with E-state index in [1.807, 2.05) is 68.4 Å². The van der Waals surface area contributed by atoms with Gasteiger partial charge in [0.25, 0.3) is 0 Å². The fourth-order valence-corrected chi connectivity index (χ4v) is 3.60. The summed E-state index contributed by atoms with van der Waals surface area (Å²) in [5.74, 6) is 0.339. The van der Waals surface area contributed by atoms with Crippen LogP contribution < -0.4 is 10.1 Å². The fourth-order valence-electron chi connectivity index (χ4n) is 3.60. The van der Waals surface area contributed by atoms with Crippen LogP contribution in [0.15, 0.2) is 54.6 Å². The van der Waals surface area contributed by atoms with Gasteiger partial charge in [-0.25, -0.2) is 0 Å². The molecule has 1 fully saturated rings. The monoisotopic (exact) mass is 410 g/mol. The summed E-state index contributed by atoms with van der Waals surface area (Å²) < 4.78 is 10.9. The summed E-state index contributed by atoms with van der Waals surface area (Å²) in [6.45, 7) is 5.93. The summed E-state index contributed by atoms with van der Waals surface area (Å²) in [6.07, 6.45) is 1.70. The minimum atomic E-state index is -0.323. The fraction of sp³-hybridized carbons (Fsp3) is 0.417. The summed E-state index contributed by atoms with van der Waals surface area (Å²) in [5.41, 5.74) is 1.82. The Morgan fingerprint density at radius 2 is 1.87 bits per heavy atom. The van der Waals surface area contributed by atoms with E-state index < -0.39 is 0 Å². The molecule has 0 radical (unpaired) electrons. The number of rotatable bonds is 8. The molecular weight excluding hydrogens is 380 g/mol. The second-order valence-corrected chi connectivity index (χ2v) is 7.55. The molecule has 6 nitrogen and oxygen atoms in total. The Hall–Kier alpha value is -2.86. The maximum Gasteiger partial charge on any atom is 0.310 e. The van der Waals surface area contributed by atoms with Gasteiger partial charge in [0.05, 0.1) is 18.6 Å². The summed E-state index contributed by atoms with van der Waals surface area (Å²) >= 11 is 0. The Kier molecular flexibility index (Phi) is 7.85. The van der Waals surface area contributed by atoms with Crippen molar-refractivity contribution in [2.75, 3.05) is 25.0 Å². The number of esters is 1. The van der Waals surface area contributed by atoms with Gasteiger partial charge in [-0.15, -0.1) is 0 Å². The number of likely N-dealkylation sites (tertiary alicyclic amines) is 1. The normalized spacial score (nSPS) is 17.7. The van der Waals surface area contributed by atoms with Gasteiger partial charge in [0.15, 0.2) is 0 Å². The largest absolute Gasteiger partial charge is 0.489 e. The maximum atomic E-state index is 12.7. The molecule has 1 N–H and O–H groups in total. The maximum absolute atomic E-state index is 12.7. The molecule has 1 amide bonds. The SMILES string of the molecule is CCOC(=O)[C@@H]1CCCN([C@@H](C)C(=O)Nc2ccc(OCc3ccccc3)cc2)C1. The highest BCUT2D eigenvalue weighted by Crippen LogP contribution is 2.21. The van der Waals surface area contributed by atoms with Crippen molar-refractivity contribution in [2.24, 2.45) is 5.92 Å². The first kappa shape index (κ1) is 21.8. The van der Waals surface area contributed by atoms with Crippen molar-refractivity contribution in [3.8, 4) is 5.75 Å². The van der Waals surface area contributed by atoms with Gasteiger partial charge >= 0.3 is 5.97 Å². The molecule has 2 aromatic rings. The number of nitrogens with zero attached hydrogens (tertiary/aromatic N) is 1. The quantitative estimate of drug-likeness (QED) is 0.669. The number of hydrogen-bond acceptors (Lipinski definition) is 5. The molecule has 2 atom stereocenters. The number of hydrogen-bond donors (Lipinski definition) is 1. The number of carbonyl (C=O) groups is 2. The van der Waals surface area contributed by atoms with Crippen LogP contribution in [0.25, 0.3) is 0 Å². The zero-order valence-corrected chi connectivity index (χ0v) is 17.7. The number of carbonyl (C=O) groups excluding carboxylic acids is 2. The predicted molar refractivity (Wildman–Crippen MR) is 116 cm³/mol. The third kappa shape index (κ3) is 6.07. The molecule has 30 heavy (non-hydrogen) atoms. The first-order valence-electron chi connectivity index (χ1n) is 10.5. The molecule has 0 spiro atoms. The molecule has 0 unspecified atom stereocenters. The lowest BCUT2D eigenvalue weighted by Crippen LogP contribution is -2.48. The first-order valence-corrected chi connectivity index (χ1v) is 10.5. The van der Waals surface area contributed by atoms with Gasteiger partial charge in [0.1, 0.15) is 12.4 Å². The Bertz CT molecular complexity index is 823. The number of benzene rings is 2. The molecule has 0 aliphatic carbocycles. The lowest BCUT2D eigenvalue weighted by molar-refractivity contribution is -0.150. The van der Waals surface area contributed by atoms with Crippen LogP contribution in [0.1, 0.15) is 32.3 Å². The minimum Gasteiger partial charge on any atom is -0.489 e. The van der Waals surface area contributed by atoms with E-state index in [1.165, 1.54) is 0 Å². The van der Waals surface area contributed by atoms with Crippen molar-refractivity contribution >= 4 is 17.6 Å². The molecule has 0 aromatic heterocycles. The van der Waals surface area contributed by atoms with Gasteiger partial charge in [0, 0.05) is 12.2 Å². The van der Waals surface area contributed by atoms with E-state index >= 15 is 0 Å². The number of ether oxygens (including phenoxy) is 2.